The number of ketones is 1. The molecule has 4 aromatic carbocycles. The SMILES string of the molecule is Cc1oc(-c2ccccc2)nc1CCOc1ccc(C[C@@H](CNC(=O)C2CCC(CN)CC2)Nc2ccccc2C(=O)c2ccccc2)cc1. The Morgan fingerprint density at radius 3 is 2.28 bits per heavy atom. The third kappa shape index (κ3) is 9.07. The van der Waals surface area contributed by atoms with Crippen LogP contribution in [0.5, 0.6) is 5.75 Å². The Hall–Kier alpha value is -5.21. The van der Waals surface area contributed by atoms with Crippen molar-refractivity contribution >= 4 is 17.4 Å². The molecule has 1 atom stereocenters. The number of carbonyl (C=O) groups excluding carboxylic acids is 2. The summed E-state index contributed by atoms with van der Waals surface area (Å²) in [6.07, 6.45) is 4.98. The van der Waals surface area contributed by atoms with Gasteiger partial charge in [0.05, 0.1) is 12.3 Å². The van der Waals surface area contributed by atoms with Crippen molar-refractivity contribution < 1.29 is 18.7 Å². The van der Waals surface area contributed by atoms with Crippen LogP contribution in [-0.2, 0) is 17.6 Å². The zero-order chi connectivity index (χ0) is 34.7. The van der Waals surface area contributed by atoms with Gasteiger partial charge in [0.25, 0.3) is 0 Å². The molecule has 1 amide bonds. The lowest BCUT2D eigenvalue weighted by Gasteiger charge is -2.28. The molecule has 1 aromatic heterocycles. The summed E-state index contributed by atoms with van der Waals surface area (Å²) in [5, 5.41) is 6.83. The van der Waals surface area contributed by atoms with Crippen molar-refractivity contribution in [3.05, 3.63) is 137 Å². The van der Waals surface area contributed by atoms with Crippen LogP contribution in [0.15, 0.2) is 114 Å². The van der Waals surface area contributed by atoms with Crippen LogP contribution in [0.4, 0.5) is 5.69 Å². The summed E-state index contributed by atoms with van der Waals surface area (Å²) in [4.78, 5) is 31.4. The van der Waals surface area contributed by atoms with Crippen LogP contribution in [-0.4, -0.2) is 42.4 Å². The third-order valence-corrected chi connectivity index (χ3v) is 9.57. The van der Waals surface area contributed by atoms with Gasteiger partial charge in [-0.2, -0.15) is 0 Å². The molecule has 1 saturated carbocycles. The van der Waals surface area contributed by atoms with Gasteiger partial charge in [0.1, 0.15) is 11.5 Å². The van der Waals surface area contributed by atoms with Crippen LogP contribution >= 0.6 is 0 Å². The van der Waals surface area contributed by atoms with Gasteiger partial charge < -0.3 is 25.5 Å². The molecule has 0 unspecified atom stereocenters. The van der Waals surface area contributed by atoms with Crippen molar-refractivity contribution in [2.24, 2.45) is 17.6 Å². The highest BCUT2D eigenvalue weighted by Gasteiger charge is 2.26. The number of oxazole rings is 1. The van der Waals surface area contributed by atoms with Crippen LogP contribution in [0.25, 0.3) is 11.5 Å². The first kappa shape index (κ1) is 34.6. The van der Waals surface area contributed by atoms with E-state index in [9.17, 15) is 9.59 Å². The third-order valence-electron chi connectivity index (χ3n) is 9.57. The van der Waals surface area contributed by atoms with Crippen molar-refractivity contribution in [2.75, 3.05) is 25.0 Å². The van der Waals surface area contributed by atoms with Crippen molar-refractivity contribution in [1.82, 2.24) is 10.3 Å². The Kier molecular flexibility index (Phi) is 11.7. The number of anilines is 1. The molecular formula is C42H46N4O4. The maximum absolute atomic E-state index is 13.5. The Morgan fingerprint density at radius 1 is 0.880 bits per heavy atom. The number of para-hydroxylation sites is 1. The van der Waals surface area contributed by atoms with E-state index in [1.165, 1.54) is 0 Å². The fraction of sp³-hybridized carbons (Fsp3) is 0.310. The fourth-order valence-electron chi connectivity index (χ4n) is 6.61. The second-order valence-electron chi connectivity index (χ2n) is 13.1. The highest BCUT2D eigenvalue weighted by atomic mass is 16.5. The van der Waals surface area contributed by atoms with Gasteiger partial charge in [0.2, 0.25) is 11.8 Å². The first-order valence-corrected chi connectivity index (χ1v) is 17.6. The summed E-state index contributed by atoms with van der Waals surface area (Å²) in [5.41, 5.74) is 10.8. The largest absolute Gasteiger partial charge is 0.493 e. The van der Waals surface area contributed by atoms with Gasteiger partial charge in [-0.05, 0) is 93.5 Å². The number of benzene rings is 4. The fourth-order valence-corrected chi connectivity index (χ4v) is 6.61. The normalized spacial score (nSPS) is 16.4. The molecule has 1 heterocycles. The number of carbonyl (C=O) groups is 2. The number of amides is 1. The second-order valence-corrected chi connectivity index (χ2v) is 13.1. The lowest BCUT2D eigenvalue weighted by Crippen LogP contribution is -2.41. The quantitative estimate of drug-likeness (QED) is 0.0993. The number of aromatic nitrogens is 1. The molecule has 50 heavy (non-hydrogen) atoms. The van der Waals surface area contributed by atoms with Gasteiger partial charge in [-0.15, -0.1) is 0 Å². The molecular weight excluding hydrogens is 624 g/mol. The summed E-state index contributed by atoms with van der Waals surface area (Å²) in [5.74, 6) is 2.74. The van der Waals surface area contributed by atoms with E-state index < -0.39 is 0 Å². The highest BCUT2D eigenvalue weighted by molar-refractivity contribution is 6.12. The Labute approximate surface area is 294 Å². The number of aryl methyl sites for hydroxylation is 1. The minimum Gasteiger partial charge on any atom is -0.493 e. The molecule has 0 aliphatic heterocycles. The lowest BCUT2D eigenvalue weighted by molar-refractivity contribution is -0.126. The van der Waals surface area contributed by atoms with E-state index >= 15 is 0 Å². The molecule has 4 N–H and O–H groups in total. The van der Waals surface area contributed by atoms with E-state index in [1.54, 1.807) is 0 Å². The maximum Gasteiger partial charge on any atom is 0.226 e. The molecule has 8 heteroatoms. The van der Waals surface area contributed by atoms with Gasteiger partial charge in [-0.3, -0.25) is 9.59 Å². The van der Waals surface area contributed by atoms with Crippen LogP contribution in [0, 0.1) is 18.8 Å². The summed E-state index contributed by atoms with van der Waals surface area (Å²) >= 11 is 0. The highest BCUT2D eigenvalue weighted by Crippen LogP contribution is 2.28. The minimum absolute atomic E-state index is 0.00721. The molecule has 5 aromatic rings. The molecule has 0 saturated heterocycles. The van der Waals surface area contributed by atoms with Crippen molar-refractivity contribution in [3.63, 3.8) is 0 Å². The summed E-state index contributed by atoms with van der Waals surface area (Å²) < 4.78 is 12.0. The molecule has 1 fully saturated rings. The van der Waals surface area contributed by atoms with E-state index in [2.05, 4.69) is 27.8 Å². The molecule has 8 nitrogen and oxygen atoms in total. The predicted octanol–water partition coefficient (Wildman–Crippen LogP) is 7.41. The average molecular weight is 671 g/mol. The van der Waals surface area contributed by atoms with Gasteiger partial charge in [0.15, 0.2) is 5.78 Å². The first-order chi connectivity index (χ1) is 24.5. The van der Waals surface area contributed by atoms with Crippen molar-refractivity contribution in [1.29, 1.82) is 0 Å². The zero-order valence-corrected chi connectivity index (χ0v) is 28.6. The molecule has 0 radical (unpaired) electrons. The van der Waals surface area contributed by atoms with Gasteiger partial charge >= 0.3 is 0 Å². The molecule has 0 spiro atoms. The zero-order valence-electron chi connectivity index (χ0n) is 28.6. The number of nitrogens with two attached hydrogens (primary N) is 1. The minimum atomic E-state index is -0.162. The smallest absolute Gasteiger partial charge is 0.226 e. The Balaban J connectivity index is 1.10. The molecule has 1 aliphatic carbocycles. The predicted molar refractivity (Wildman–Crippen MR) is 197 cm³/mol. The molecule has 258 valence electrons. The molecule has 0 bridgehead atoms. The first-order valence-electron chi connectivity index (χ1n) is 17.6. The number of hydrogen-bond acceptors (Lipinski definition) is 7. The van der Waals surface area contributed by atoms with Crippen LogP contribution in [0.1, 0.15) is 58.6 Å². The van der Waals surface area contributed by atoms with Crippen LogP contribution in [0.2, 0.25) is 0 Å². The lowest BCUT2D eigenvalue weighted by atomic mass is 9.81. The van der Waals surface area contributed by atoms with E-state index in [0.717, 1.165) is 59.7 Å². The number of ether oxygens (including phenoxy) is 1. The Bertz CT molecular complexity index is 1830. The van der Waals surface area contributed by atoms with Gasteiger partial charge in [-0.25, -0.2) is 4.98 Å². The average Bonchev–Trinajstić information content (AvgIpc) is 3.54. The van der Waals surface area contributed by atoms with Crippen molar-refractivity contribution in [2.45, 2.75) is 51.5 Å². The number of nitrogens with zero attached hydrogens (tertiary/aromatic N) is 1. The second kappa shape index (κ2) is 16.9. The van der Waals surface area contributed by atoms with Gasteiger partial charge in [0, 0.05) is 47.3 Å². The van der Waals surface area contributed by atoms with Gasteiger partial charge in [-0.1, -0.05) is 72.8 Å². The summed E-state index contributed by atoms with van der Waals surface area (Å²) in [6.45, 7) is 3.50. The number of hydrogen-bond donors (Lipinski definition) is 3. The number of rotatable bonds is 15. The van der Waals surface area contributed by atoms with E-state index in [-0.39, 0.29) is 23.7 Å². The monoisotopic (exact) mass is 670 g/mol. The standard InChI is InChI=1S/C42H46N4O4/c1-29-38(46-42(50-29)34-12-6-3-7-13-34)24-25-49-36-22-18-30(19-23-36)26-35(28-44-41(48)33-20-16-31(27-43)17-21-33)45-39-15-9-8-14-37(39)40(47)32-10-4-2-5-11-32/h2-15,18-19,22-23,31,33,35,45H,16-17,20-21,24-28,43H2,1H3,(H,44,48)/t31?,33?,35-/m0/s1. The Morgan fingerprint density at radius 2 is 1.56 bits per heavy atom. The number of nitrogens with one attached hydrogen (secondary N) is 2. The van der Waals surface area contributed by atoms with E-state index in [4.69, 9.17) is 14.9 Å². The topological polar surface area (TPSA) is 119 Å². The molecule has 1 aliphatic rings. The van der Waals surface area contributed by atoms with Crippen LogP contribution in [0.3, 0.4) is 0 Å². The molecule has 6 rings (SSSR count). The maximum atomic E-state index is 13.5. The van der Waals surface area contributed by atoms with E-state index in [1.807, 2.05) is 104 Å². The van der Waals surface area contributed by atoms with Crippen molar-refractivity contribution in [3.8, 4) is 17.2 Å². The van der Waals surface area contributed by atoms with Crippen LogP contribution < -0.4 is 21.1 Å². The van der Waals surface area contributed by atoms with E-state index in [0.29, 0.717) is 55.5 Å². The summed E-state index contributed by atoms with van der Waals surface area (Å²) in [6, 6.07) is 34.6. The summed E-state index contributed by atoms with van der Waals surface area (Å²) in [7, 11) is 0.